The second-order valence-corrected chi connectivity index (χ2v) is 5.83. The first kappa shape index (κ1) is 19.4. The minimum Gasteiger partial charge on any atom is -0.357 e. The van der Waals surface area contributed by atoms with Gasteiger partial charge < -0.3 is 10.6 Å². The van der Waals surface area contributed by atoms with E-state index in [4.69, 9.17) is 0 Å². The number of guanidine groups is 1. The van der Waals surface area contributed by atoms with Crippen LogP contribution in [-0.2, 0) is 13.0 Å². The molecular formula is C19H23FN4O2. The van der Waals surface area contributed by atoms with Gasteiger partial charge in [0, 0.05) is 19.2 Å². The Bertz CT molecular complexity index is 793. The summed E-state index contributed by atoms with van der Waals surface area (Å²) >= 11 is 0. The largest absolute Gasteiger partial charge is 0.357 e. The third-order valence-electron chi connectivity index (χ3n) is 3.93. The molecule has 6 nitrogen and oxygen atoms in total. The molecule has 0 fully saturated rings. The van der Waals surface area contributed by atoms with Gasteiger partial charge in [0.1, 0.15) is 5.82 Å². The third kappa shape index (κ3) is 5.54. The molecule has 0 saturated carbocycles. The van der Waals surface area contributed by atoms with E-state index in [9.17, 15) is 14.5 Å². The monoisotopic (exact) mass is 358 g/mol. The summed E-state index contributed by atoms with van der Waals surface area (Å²) in [6.45, 7) is 5.34. The molecule has 26 heavy (non-hydrogen) atoms. The highest BCUT2D eigenvalue weighted by Crippen LogP contribution is 2.18. The lowest BCUT2D eigenvalue weighted by atomic mass is 10.1. The molecule has 2 aromatic rings. The Hall–Kier alpha value is -2.96. The second-order valence-electron chi connectivity index (χ2n) is 5.83. The normalized spacial score (nSPS) is 11.3. The van der Waals surface area contributed by atoms with Gasteiger partial charge in [-0.1, -0.05) is 24.3 Å². The average Bonchev–Trinajstić information content (AvgIpc) is 2.61. The van der Waals surface area contributed by atoms with Gasteiger partial charge in [0.25, 0.3) is 5.69 Å². The molecule has 0 atom stereocenters. The van der Waals surface area contributed by atoms with Gasteiger partial charge in [0.2, 0.25) is 0 Å². The van der Waals surface area contributed by atoms with Crippen LogP contribution in [0.25, 0.3) is 0 Å². The van der Waals surface area contributed by atoms with Gasteiger partial charge in [-0.15, -0.1) is 0 Å². The van der Waals surface area contributed by atoms with Crippen LogP contribution in [0.5, 0.6) is 0 Å². The van der Waals surface area contributed by atoms with Crippen LogP contribution < -0.4 is 10.6 Å². The van der Waals surface area contributed by atoms with Gasteiger partial charge in [-0.25, -0.2) is 9.38 Å². The van der Waals surface area contributed by atoms with Gasteiger partial charge in [-0.05, 0) is 43.5 Å². The molecule has 138 valence electrons. The molecule has 2 aromatic carbocycles. The van der Waals surface area contributed by atoms with Crippen LogP contribution in [0, 0.1) is 22.9 Å². The average molecular weight is 358 g/mol. The smallest absolute Gasteiger partial charge is 0.274 e. The SMILES string of the molecule is CCNC(=NCc1ccccc1[N+](=O)[O-])NCCc1ccc(F)cc1C. The van der Waals surface area contributed by atoms with Crippen molar-refractivity contribution in [2.75, 3.05) is 13.1 Å². The van der Waals surface area contributed by atoms with Crippen LogP contribution in [0.2, 0.25) is 0 Å². The fourth-order valence-electron chi connectivity index (χ4n) is 2.58. The first-order chi connectivity index (χ1) is 12.5. The van der Waals surface area contributed by atoms with Crippen molar-refractivity contribution in [1.29, 1.82) is 0 Å². The Labute approximate surface area is 152 Å². The van der Waals surface area contributed by atoms with Gasteiger partial charge >= 0.3 is 0 Å². The summed E-state index contributed by atoms with van der Waals surface area (Å²) < 4.78 is 13.2. The molecule has 0 aliphatic heterocycles. The molecule has 0 aromatic heterocycles. The number of aliphatic imine (C=N–C) groups is 1. The topological polar surface area (TPSA) is 79.6 Å². The van der Waals surface area contributed by atoms with Crippen LogP contribution in [0.15, 0.2) is 47.5 Å². The number of hydrogen-bond acceptors (Lipinski definition) is 3. The highest BCUT2D eigenvalue weighted by atomic mass is 19.1. The van der Waals surface area contributed by atoms with E-state index in [1.54, 1.807) is 24.3 Å². The number of nitrogens with zero attached hydrogens (tertiary/aromatic N) is 2. The second kappa shape index (κ2) is 9.50. The summed E-state index contributed by atoms with van der Waals surface area (Å²) in [6.07, 6.45) is 0.724. The van der Waals surface area contributed by atoms with Crippen molar-refractivity contribution in [2.45, 2.75) is 26.8 Å². The number of hydrogen-bond donors (Lipinski definition) is 2. The van der Waals surface area contributed by atoms with E-state index in [1.165, 1.54) is 18.2 Å². The molecule has 0 unspecified atom stereocenters. The summed E-state index contributed by atoms with van der Waals surface area (Å²) in [7, 11) is 0. The minimum atomic E-state index is -0.400. The number of nitrogens with one attached hydrogen (secondary N) is 2. The first-order valence-electron chi connectivity index (χ1n) is 8.50. The molecule has 0 saturated heterocycles. The van der Waals surface area contributed by atoms with Gasteiger partial charge in [-0.2, -0.15) is 0 Å². The summed E-state index contributed by atoms with van der Waals surface area (Å²) in [6, 6.07) is 11.3. The maximum Gasteiger partial charge on any atom is 0.274 e. The van der Waals surface area contributed by atoms with Crippen molar-refractivity contribution >= 4 is 11.6 Å². The fraction of sp³-hybridized carbons (Fsp3) is 0.316. The molecule has 0 spiro atoms. The molecule has 0 bridgehead atoms. The predicted molar refractivity (Wildman–Crippen MR) is 101 cm³/mol. The van der Waals surface area contributed by atoms with Crippen molar-refractivity contribution < 1.29 is 9.31 Å². The van der Waals surface area contributed by atoms with Crippen LogP contribution in [0.3, 0.4) is 0 Å². The third-order valence-corrected chi connectivity index (χ3v) is 3.93. The molecule has 0 aliphatic rings. The van der Waals surface area contributed by atoms with E-state index in [-0.39, 0.29) is 18.0 Å². The van der Waals surface area contributed by atoms with Crippen LogP contribution >= 0.6 is 0 Å². The summed E-state index contributed by atoms with van der Waals surface area (Å²) in [5, 5.41) is 17.4. The number of benzene rings is 2. The standard InChI is InChI=1S/C19H23FN4O2/c1-3-21-19(22-11-10-15-8-9-17(20)12-14(15)2)23-13-16-6-4-5-7-18(16)24(25)26/h4-9,12H,3,10-11,13H2,1-2H3,(H2,21,22,23). The highest BCUT2D eigenvalue weighted by molar-refractivity contribution is 5.79. The summed E-state index contributed by atoms with van der Waals surface area (Å²) in [5.74, 6) is 0.351. The zero-order chi connectivity index (χ0) is 18.9. The van der Waals surface area contributed by atoms with Gasteiger partial charge in [-0.3, -0.25) is 10.1 Å². The van der Waals surface area contributed by atoms with Crippen molar-refractivity contribution in [1.82, 2.24) is 10.6 Å². The van der Waals surface area contributed by atoms with Crippen molar-refractivity contribution in [3.05, 3.63) is 75.1 Å². The molecule has 0 heterocycles. The Balaban J connectivity index is 1.99. The molecular weight excluding hydrogens is 335 g/mol. The number of nitro benzene ring substituents is 1. The number of para-hydroxylation sites is 1. The van der Waals surface area contributed by atoms with E-state index in [0.717, 1.165) is 17.5 Å². The number of aryl methyl sites for hydroxylation is 1. The van der Waals surface area contributed by atoms with E-state index in [2.05, 4.69) is 15.6 Å². The molecule has 7 heteroatoms. The Morgan fingerprint density at radius 3 is 2.65 bits per heavy atom. The van der Waals surface area contributed by atoms with E-state index in [1.807, 2.05) is 13.8 Å². The zero-order valence-corrected chi connectivity index (χ0v) is 15.0. The number of halogens is 1. The molecule has 2 N–H and O–H groups in total. The molecule has 0 radical (unpaired) electrons. The van der Waals surface area contributed by atoms with Crippen molar-refractivity contribution in [3.8, 4) is 0 Å². The molecule has 0 aliphatic carbocycles. The van der Waals surface area contributed by atoms with Crippen molar-refractivity contribution in [2.24, 2.45) is 4.99 Å². The van der Waals surface area contributed by atoms with Crippen LogP contribution in [-0.4, -0.2) is 24.0 Å². The fourth-order valence-corrected chi connectivity index (χ4v) is 2.58. The Morgan fingerprint density at radius 1 is 1.19 bits per heavy atom. The maximum atomic E-state index is 13.2. The van der Waals surface area contributed by atoms with Crippen molar-refractivity contribution in [3.63, 3.8) is 0 Å². The lowest BCUT2D eigenvalue weighted by molar-refractivity contribution is -0.385. The lowest BCUT2D eigenvalue weighted by Crippen LogP contribution is -2.38. The van der Waals surface area contributed by atoms with E-state index >= 15 is 0 Å². The Morgan fingerprint density at radius 2 is 1.96 bits per heavy atom. The Kier molecular flexibility index (Phi) is 7.08. The quantitative estimate of drug-likeness (QED) is 0.344. The van der Waals surface area contributed by atoms with E-state index < -0.39 is 4.92 Å². The zero-order valence-electron chi connectivity index (χ0n) is 15.0. The van der Waals surface area contributed by atoms with Gasteiger partial charge in [0.05, 0.1) is 17.0 Å². The predicted octanol–water partition coefficient (Wildman–Crippen LogP) is 3.34. The summed E-state index contributed by atoms with van der Waals surface area (Å²) in [4.78, 5) is 15.1. The first-order valence-corrected chi connectivity index (χ1v) is 8.50. The maximum absolute atomic E-state index is 13.2. The lowest BCUT2D eigenvalue weighted by Gasteiger charge is -2.12. The molecule has 0 amide bonds. The van der Waals surface area contributed by atoms with Crippen LogP contribution in [0.4, 0.5) is 10.1 Å². The summed E-state index contributed by atoms with van der Waals surface area (Å²) in [5.41, 5.74) is 2.60. The van der Waals surface area contributed by atoms with Crippen LogP contribution in [0.1, 0.15) is 23.6 Å². The van der Waals surface area contributed by atoms with E-state index in [0.29, 0.717) is 24.6 Å². The number of nitro groups is 1. The highest BCUT2D eigenvalue weighted by Gasteiger charge is 2.11. The molecule has 2 rings (SSSR count). The van der Waals surface area contributed by atoms with Gasteiger partial charge in [0.15, 0.2) is 5.96 Å². The number of rotatable bonds is 7. The minimum absolute atomic E-state index is 0.0639.